The third-order valence-electron chi connectivity index (χ3n) is 2.59. The zero-order valence-electron chi connectivity index (χ0n) is 11.5. The quantitative estimate of drug-likeness (QED) is 0.631. The van der Waals surface area contributed by atoms with Crippen molar-refractivity contribution in [1.29, 1.82) is 0 Å². The van der Waals surface area contributed by atoms with Gasteiger partial charge in [0.2, 0.25) is 0 Å². The van der Waals surface area contributed by atoms with Gasteiger partial charge in [0.1, 0.15) is 16.1 Å². The summed E-state index contributed by atoms with van der Waals surface area (Å²) >= 11 is 0.349. The first-order chi connectivity index (χ1) is 8.97. The molecule has 0 aliphatic carbocycles. The van der Waals surface area contributed by atoms with Gasteiger partial charge in [0, 0.05) is 19.3 Å². The Hall–Kier alpha value is -0.630. The van der Waals surface area contributed by atoms with Gasteiger partial charge in [-0.1, -0.05) is 15.7 Å². The number of aromatic nitrogens is 1. The lowest BCUT2D eigenvalue weighted by Gasteiger charge is -2.25. The molecule has 0 radical (unpaired) electrons. The second-order valence-electron chi connectivity index (χ2n) is 5.24. The van der Waals surface area contributed by atoms with E-state index in [0.29, 0.717) is 0 Å². The molecule has 0 saturated carbocycles. The maximum atomic E-state index is 11.8. The summed E-state index contributed by atoms with van der Waals surface area (Å²) < 4.78 is 20.9. The number of nitrogens with zero attached hydrogens (tertiary/aromatic N) is 3. The molecule has 2 heterocycles. The standard InChI is InChI=1S/C12H19N3O2S2/c1-12(2,3)19(16)14-9-10-8-13-11(18-10)15-4-6-17-7-5-15/h8-9H,4-7H2,1-3H3/b14-9+. The first-order valence-corrected chi connectivity index (χ1v) is 8.14. The van der Waals surface area contributed by atoms with Crippen molar-refractivity contribution in [2.24, 2.45) is 4.40 Å². The van der Waals surface area contributed by atoms with Crippen molar-refractivity contribution >= 4 is 34.0 Å². The first-order valence-electron chi connectivity index (χ1n) is 6.21. The van der Waals surface area contributed by atoms with Crippen LogP contribution in [-0.4, -0.2) is 46.8 Å². The second kappa shape index (κ2) is 6.21. The molecule has 1 unspecified atom stereocenters. The van der Waals surface area contributed by atoms with E-state index in [4.69, 9.17) is 4.74 Å². The summed E-state index contributed by atoms with van der Waals surface area (Å²) in [6, 6.07) is 0. The molecular weight excluding hydrogens is 282 g/mol. The minimum absolute atomic E-state index is 0.325. The fourth-order valence-electron chi connectivity index (χ4n) is 1.50. The molecule has 1 aliphatic heterocycles. The Morgan fingerprint density at radius 3 is 2.79 bits per heavy atom. The number of hydrogen-bond acceptors (Lipinski definition) is 6. The van der Waals surface area contributed by atoms with Gasteiger partial charge in [0.25, 0.3) is 0 Å². The number of morpholine rings is 1. The Kier molecular flexibility index (Phi) is 4.83. The number of ether oxygens (including phenoxy) is 1. The molecule has 1 aromatic heterocycles. The second-order valence-corrected chi connectivity index (χ2v) is 8.22. The van der Waals surface area contributed by atoms with Gasteiger partial charge >= 0.3 is 0 Å². The third-order valence-corrected chi connectivity index (χ3v) is 4.93. The van der Waals surface area contributed by atoms with E-state index in [-0.39, 0.29) is 4.75 Å². The van der Waals surface area contributed by atoms with Crippen molar-refractivity contribution in [3.63, 3.8) is 0 Å². The fraction of sp³-hybridized carbons (Fsp3) is 0.667. The van der Waals surface area contributed by atoms with Crippen LogP contribution in [-0.2, 0) is 16.1 Å². The Bertz CT molecular complexity index is 436. The molecule has 0 N–H and O–H groups in total. The molecule has 1 fully saturated rings. The molecule has 1 saturated heterocycles. The zero-order valence-corrected chi connectivity index (χ0v) is 13.1. The van der Waals surface area contributed by atoms with Crippen molar-refractivity contribution in [3.05, 3.63) is 11.1 Å². The van der Waals surface area contributed by atoms with Gasteiger partial charge in [-0.15, -0.1) is 0 Å². The van der Waals surface area contributed by atoms with E-state index in [1.165, 1.54) is 0 Å². The zero-order chi connectivity index (χ0) is 13.9. The van der Waals surface area contributed by atoms with Crippen LogP contribution < -0.4 is 4.90 Å². The molecule has 5 nitrogen and oxygen atoms in total. The smallest absolute Gasteiger partial charge is 0.186 e. The van der Waals surface area contributed by atoms with Crippen molar-refractivity contribution < 1.29 is 9.29 Å². The van der Waals surface area contributed by atoms with Gasteiger partial charge < -0.3 is 14.2 Å². The number of rotatable bonds is 3. The highest BCUT2D eigenvalue weighted by molar-refractivity contribution is 7.91. The van der Waals surface area contributed by atoms with Crippen LogP contribution in [0, 0.1) is 0 Å². The van der Waals surface area contributed by atoms with Gasteiger partial charge in [-0.2, -0.15) is 0 Å². The molecule has 106 valence electrons. The number of anilines is 1. The van der Waals surface area contributed by atoms with Crippen LogP contribution in [0.2, 0.25) is 0 Å². The van der Waals surface area contributed by atoms with Crippen molar-refractivity contribution in [1.82, 2.24) is 4.98 Å². The van der Waals surface area contributed by atoms with Gasteiger partial charge in [-0.3, -0.25) is 0 Å². The number of thiazole rings is 1. The summed E-state index contributed by atoms with van der Waals surface area (Å²) in [6.07, 6.45) is 3.43. The average Bonchev–Trinajstić information content (AvgIpc) is 2.84. The minimum Gasteiger partial charge on any atom is -0.591 e. The topological polar surface area (TPSA) is 60.8 Å². The van der Waals surface area contributed by atoms with Gasteiger partial charge in [-0.05, 0) is 20.8 Å². The van der Waals surface area contributed by atoms with E-state index < -0.39 is 11.4 Å². The van der Waals surface area contributed by atoms with Gasteiger partial charge in [0.05, 0.1) is 24.3 Å². The Balaban J connectivity index is 1.99. The summed E-state index contributed by atoms with van der Waals surface area (Å²) in [6.45, 7) is 8.97. The third kappa shape index (κ3) is 4.17. The van der Waals surface area contributed by atoms with Crippen molar-refractivity contribution in [2.75, 3.05) is 31.2 Å². The Morgan fingerprint density at radius 2 is 2.16 bits per heavy atom. The van der Waals surface area contributed by atoms with Gasteiger partial charge in [-0.25, -0.2) is 4.98 Å². The van der Waals surface area contributed by atoms with Crippen LogP contribution in [0.3, 0.4) is 0 Å². The summed E-state index contributed by atoms with van der Waals surface area (Å²) in [5.74, 6) is 0. The minimum atomic E-state index is -1.22. The monoisotopic (exact) mass is 301 g/mol. The van der Waals surface area contributed by atoms with Crippen LogP contribution in [0.5, 0.6) is 0 Å². The molecule has 1 aliphatic rings. The van der Waals surface area contributed by atoms with Gasteiger partial charge in [0.15, 0.2) is 5.13 Å². The van der Waals surface area contributed by atoms with Crippen LogP contribution in [0.15, 0.2) is 10.6 Å². The van der Waals surface area contributed by atoms with Crippen LogP contribution in [0.1, 0.15) is 25.6 Å². The molecule has 1 aromatic rings. The Morgan fingerprint density at radius 1 is 1.47 bits per heavy atom. The number of hydrogen-bond donors (Lipinski definition) is 0. The lowest BCUT2D eigenvalue weighted by Crippen LogP contribution is -2.36. The first kappa shape index (κ1) is 14.8. The van der Waals surface area contributed by atoms with Crippen LogP contribution >= 0.6 is 11.3 Å². The van der Waals surface area contributed by atoms with Crippen molar-refractivity contribution in [2.45, 2.75) is 25.5 Å². The lowest BCUT2D eigenvalue weighted by atomic mass is 10.3. The molecule has 7 heteroatoms. The Labute approximate surface area is 121 Å². The molecule has 0 bridgehead atoms. The SMILES string of the molecule is CC(C)(C)[S+]([O-])/N=C/c1cnc(N2CCOCC2)s1. The molecule has 0 amide bonds. The summed E-state index contributed by atoms with van der Waals surface area (Å²) in [4.78, 5) is 7.51. The van der Waals surface area contributed by atoms with Crippen LogP contribution in [0.25, 0.3) is 0 Å². The molecular formula is C12H19N3O2S2. The fourth-order valence-corrected chi connectivity index (χ4v) is 2.93. The molecule has 1 atom stereocenters. The normalized spacial score (nSPS) is 19.1. The van der Waals surface area contributed by atoms with E-state index in [9.17, 15) is 4.55 Å². The van der Waals surface area contributed by atoms with E-state index >= 15 is 0 Å². The maximum Gasteiger partial charge on any atom is 0.186 e. The highest BCUT2D eigenvalue weighted by atomic mass is 32.2. The molecule has 0 aromatic carbocycles. The summed E-state index contributed by atoms with van der Waals surface area (Å²) in [5, 5.41) is 0.978. The average molecular weight is 301 g/mol. The predicted molar refractivity (Wildman–Crippen MR) is 80.6 cm³/mol. The van der Waals surface area contributed by atoms with E-state index in [1.54, 1.807) is 23.7 Å². The van der Waals surface area contributed by atoms with Crippen LogP contribution in [0.4, 0.5) is 5.13 Å². The van der Waals surface area contributed by atoms with E-state index in [2.05, 4.69) is 14.3 Å². The molecule has 2 rings (SSSR count). The van der Waals surface area contributed by atoms with Crippen molar-refractivity contribution in [3.8, 4) is 0 Å². The predicted octanol–water partition coefficient (Wildman–Crippen LogP) is 1.86. The molecule has 0 spiro atoms. The van der Waals surface area contributed by atoms with E-state index in [1.807, 2.05) is 20.8 Å². The summed E-state index contributed by atoms with van der Waals surface area (Å²) in [7, 11) is 0. The highest BCUT2D eigenvalue weighted by Crippen LogP contribution is 2.23. The van der Waals surface area contributed by atoms with E-state index in [0.717, 1.165) is 36.3 Å². The lowest BCUT2D eigenvalue weighted by molar-refractivity contribution is 0.122. The highest BCUT2D eigenvalue weighted by Gasteiger charge is 2.26. The molecule has 19 heavy (non-hydrogen) atoms. The largest absolute Gasteiger partial charge is 0.591 e. The maximum absolute atomic E-state index is 11.8. The summed E-state index contributed by atoms with van der Waals surface area (Å²) in [5.41, 5.74) is 0.